The molecule has 174 valence electrons. The van der Waals surface area contributed by atoms with Crippen LogP contribution in [0, 0.1) is 20.8 Å². The van der Waals surface area contributed by atoms with E-state index in [2.05, 4.69) is 34.6 Å². The van der Waals surface area contributed by atoms with Gasteiger partial charge in [0.1, 0.15) is 5.75 Å². The quantitative estimate of drug-likeness (QED) is 0.319. The Hall–Kier alpha value is -3.58. The lowest BCUT2D eigenvalue weighted by Gasteiger charge is -2.12. The minimum atomic E-state index is -0.0863. The van der Waals surface area contributed by atoms with Crippen LogP contribution in [0.2, 0.25) is 0 Å². The number of rotatable bonds is 8. The van der Waals surface area contributed by atoms with E-state index in [4.69, 9.17) is 4.74 Å². The molecular weight excluding hydrogens is 444 g/mol. The van der Waals surface area contributed by atoms with Gasteiger partial charge in [-0.3, -0.25) is 9.36 Å². The number of amides is 1. The number of nitrogens with zero attached hydrogens (tertiary/aromatic N) is 3. The molecule has 0 aliphatic heterocycles. The molecule has 0 fully saturated rings. The van der Waals surface area contributed by atoms with E-state index in [-0.39, 0.29) is 11.7 Å². The molecule has 7 heteroatoms. The molecule has 1 aromatic heterocycles. The van der Waals surface area contributed by atoms with Gasteiger partial charge in [0.25, 0.3) is 0 Å². The van der Waals surface area contributed by atoms with Gasteiger partial charge in [0.05, 0.1) is 12.4 Å². The Bertz CT molecular complexity index is 1280. The van der Waals surface area contributed by atoms with Crippen molar-refractivity contribution in [1.82, 2.24) is 14.8 Å². The average Bonchev–Trinajstić information content (AvgIpc) is 3.25. The fraction of sp³-hybridized carbons (Fsp3) is 0.222. The molecule has 0 unspecified atom stereocenters. The Morgan fingerprint density at radius 2 is 1.65 bits per heavy atom. The van der Waals surface area contributed by atoms with Gasteiger partial charge in [0.15, 0.2) is 11.0 Å². The first-order chi connectivity index (χ1) is 16.4. The molecule has 1 N–H and O–H groups in total. The summed E-state index contributed by atoms with van der Waals surface area (Å²) >= 11 is 1.36. The van der Waals surface area contributed by atoms with Crippen LogP contribution in [-0.2, 0) is 4.79 Å². The molecule has 4 aromatic rings. The SMILES string of the molecule is CCOc1ccc(-n2c(SCC(=O)Nc3cc(C)ccc3C)nnc2-c2ccc(C)cc2)cc1. The number of hydrogen-bond donors (Lipinski definition) is 1. The third-order valence-electron chi connectivity index (χ3n) is 5.35. The molecule has 0 saturated carbocycles. The highest BCUT2D eigenvalue weighted by atomic mass is 32.2. The molecule has 1 amide bonds. The second kappa shape index (κ2) is 10.6. The summed E-state index contributed by atoms with van der Waals surface area (Å²) in [5.41, 5.74) is 6.00. The molecule has 6 nitrogen and oxygen atoms in total. The van der Waals surface area contributed by atoms with Crippen molar-refractivity contribution in [2.45, 2.75) is 32.9 Å². The van der Waals surface area contributed by atoms with Gasteiger partial charge in [-0.05, 0) is 69.2 Å². The summed E-state index contributed by atoms with van der Waals surface area (Å²) in [5, 5.41) is 12.6. The van der Waals surface area contributed by atoms with Crippen LogP contribution in [-0.4, -0.2) is 33.0 Å². The van der Waals surface area contributed by atoms with E-state index >= 15 is 0 Å². The molecule has 0 spiro atoms. The Labute approximate surface area is 204 Å². The third kappa shape index (κ3) is 5.48. The van der Waals surface area contributed by atoms with Gasteiger partial charge < -0.3 is 10.1 Å². The zero-order valence-electron chi connectivity index (χ0n) is 19.8. The van der Waals surface area contributed by atoms with Crippen molar-refractivity contribution in [1.29, 1.82) is 0 Å². The Balaban J connectivity index is 1.60. The number of ether oxygens (including phenoxy) is 1. The van der Waals surface area contributed by atoms with Crippen molar-refractivity contribution in [2.24, 2.45) is 0 Å². The maximum Gasteiger partial charge on any atom is 0.234 e. The summed E-state index contributed by atoms with van der Waals surface area (Å²) < 4.78 is 7.57. The highest BCUT2D eigenvalue weighted by Gasteiger charge is 2.18. The van der Waals surface area contributed by atoms with Crippen molar-refractivity contribution < 1.29 is 9.53 Å². The first-order valence-corrected chi connectivity index (χ1v) is 12.2. The first-order valence-electron chi connectivity index (χ1n) is 11.2. The second-order valence-electron chi connectivity index (χ2n) is 8.09. The predicted octanol–water partition coefficient (Wildman–Crippen LogP) is 5.99. The van der Waals surface area contributed by atoms with Crippen LogP contribution in [0.1, 0.15) is 23.6 Å². The predicted molar refractivity (Wildman–Crippen MR) is 138 cm³/mol. The highest BCUT2D eigenvalue weighted by Crippen LogP contribution is 2.29. The van der Waals surface area contributed by atoms with E-state index < -0.39 is 0 Å². The number of hydrogen-bond acceptors (Lipinski definition) is 5. The number of benzene rings is 3. The number of aryl methyl sites for hydroxylation is 3. The fourth-order valence-corrected chi connectivity index (χ4v) is 4.28. The van der Waals surface area contributed by atoms with Crippen LogP contribution < -0.4 is 10.1 Å². The number of thioether (sulfide) groups is 1. The van der Waals surface area contributed by atoms with Crippen LogP contribution >= 0.6 is 11.8 Å². The first kappa shape index (κ1) is 23.6. The molecule has 0 atom stereocenters. The summed E-state index contributed by atoms with van der Waals surface area (Å²) in [5.74, 6) is 1.66. The van der Waals surface area contributed by atoms with Gasteiger partial charge in [0, 0.05) is 16.9 Å². The third-order valence-corrected chi connectivity index (χ3v) is 6.28. The Morgan fingerprint density at radius 3 is 2.35 bits per heavy atom. The molecule has 4 rings (SSSR count). The normalized spacial score (nSPS) is 10.8. The van der Waals surface area contributed by atoms with Gasteiger partial charge >= 0.3 is 0 Å². The molecule has 1 heterocycles. The molecule has 0 aliphatic carbocycles. The zero-order chi connectivity index (χ0) is 24.1. The van der Waals surface area contributed by atoms with Crippen molar-refractivity contribution in [2.75, 3.05) is 17.7 Å². The largest absolute Gasteiger partial charge is 0.494 e. The maximum atomic E-state index is 12.7. The minimum absolute atomic E-state index is 0.0863. The van der Waals surface area contributed by atoms with Crippen LogP contribution in [0.25, 0.3) is 17.1 Å². The molecule has 0 radical (unpaired) electrons. The fourth-order valence-electron chi connectivity index (χ4n) is 3.53. The number of anilines is 1. The number of carbonyl (C=O) groups excluding carboxylic acids is 1. The zero-order valence-corrected chi connectivity index (χ0v) is 20.6. The van der Waals surface area contributed by atoms with Gasteiger partial charge in [-0.25, -0.2) is 0 Å². The van der Waals surface area contributed by atoms with E-state index in [1.807, 2.05) is 79.9 Å². The average molecular weight is 473 g/mol. The van der Waals surface area contributed by atoms with E-state index in [1.165, 1.54) is 17.3 Å². The van der Waals surface area contributed by atoms with Crippen molar-refractivity contribution in [3.63, 3.8) is 0 Å². The smallest absolute Gasteiger partial charge is 0.234 e. The number of nitrogens with one attached hydrogen (secondary N) is 1. The van der Waals surface area contributed by atoms with Crippen LogP contribution in [0.15, 0.2) is 71.9 Å². The summed E-state index contributed by atoms with van der Waals surface area (Å²) in [4.78, 5) is 12.7. The summed E-state index contributed by atoms with van der Waals surface area (Å²) in [7, 11) is 0. The lowest BCUT2D eigenvalue weighted by molar-refractivity contribution is -0.113. The summed E-state index contributed by atoms with van der Waals surface area (Å²) in [6.45, 7) is 8.61. The molecular formula is C27H28N4O2S. The minimum Gasteiger partial charge on any atom is -0.494 e. The highest BCUT2D eigenvalue weighted by molar-refractivity contribution is 7.99. The Kier molecular flexibility index (Phi) is 7.33. The van der Waals surface area contributed by atoms with Gasteiger partial charge in [-0.2, -0.15) is 0 Å². The van der Waals surface area contributed by atoms with E-state index in [0.717, 1.165) is 39.6 Å². The molecule has 0 saturated heterocycles. The van der Waals surface area contributed by atoms with Crippen LogP contribution in [0.4, 0.5) is 5.69 Å². The molecule has 0 aliphatic rings. The summed E-state index contributed by atoms with van der Waals surface area (Å²) in [6.07, 6.45) is 0. The monoisotopic (exact) mass is 472 g/mol. The summed E-state index contributed by atoms with van der Waals surface area (Å²) in [6, 6.07) is 22.0. The molecule has 34 heavy (non-hydrogen) atoms. The topological polar surface area (TPSA) is 69.0 Å². The van der Waals surface area contributed by atoms with Crippen LogP contribution in [0.5, 0.6) is 5.75 Å². The number of aromatic nitrogens is 3. The van der Waals surface area contributed by atoms with Crippen molar-refractivity contribution in [3.8, 4) is 22.8 Å². The van der Waals surface area contributed by atoms with Crippen molar-refractivity contribution in [3.05, 3.63) is 83.4 Å². The molecule has 0 bridgehead atoms. The molecule has 3 aromatic carbocycles. The van der Waals surface area contributed by atoms with E-state index in [0.29, 0.717) is 11.8 Å². The van der Waals surface area contributed by atoms with Crippen molar-refractivity contribution >= 4 is 23.4 Å². The van der Waals surface area contributed by atoms with Gasteiger partial charge in [-0.15, -0.1) is 10.2 Å². The van der Waals surface area contributed by atoms with E-state index in [9.17, 15) is 4.79 Å². The van der Waals surface area contributed by atoms with Gasteiger partial charge in [-0.1, -0.05) is 53.7 Å². The van der Waals surface area contributed by atoms with E-state index in [1.54, 1.807) is 0 Å². The standard InChI is InChI=1S/C27H28N4O2S/c1-5-33-23-14-12-22(13-15-23)31-26(21-10-7-18(2)8-11-21)29-30-27(31)34-17-25(32)28-24-16-19(3)6-9-20(24)4/h6-16H,5,17H2,1-4H3,(H,28,32). The van der Waals surface area contributed by atoms with Gasteiger partial charge in [0.2, 0.25) is 5.91 Å². The second-order valence-corrected chi connectivity index (χ2v) is 9.03. The number of carbonyl (C=O) groups is 1. The maximum absolute atomic E-state index is 12.7. The van der Waals surface area contributed by atoms with Crippen LogP contribution in [0.3, 0.4) is 0 Å². The Morgan fingerprint density at radius 1 is 0.941 bits per heavy atom. The lowest BCUT2D eigenvalue weighted by Crippen LogP contribution is -2.15. The lowest BCUT2D eigenvalue weighted by atomic mass is 10.1.